The Hall–Kier alpha value is -2.26. The van der Waals surface area contributed by atoms with Gasteiger partial charge >= 0.3 is 5.97 Å². The van der Waals surface area contributed by atoms with E-state index in [1.165, 1.54) is 12.5 Å². The number of carboxylic acid groups (broad SMARTS) is 1. The Kier molecular flexibility index (Phi) is 4.81. The lowest BCUT2D eigenvalue weighted by atomic mass is 10.1. The molecule has 0 amide bonds. The van der Waals surface area contributed by atoms with Crippen LogP contribution >= 0.6 is 0 Å². The van der Waals surface area contributed by atoms with E-state index in [0.717, 1.165) is 18.2 Å². The molecule has 0 aliphatic carbocycles. The van der Waals surface area contributed by atoms with E-state index < -0.39 is 21.8 Å². The summed E-state index contributed by atoms with van der Waals surface area (Å²) in [7, 11) is -3.92. The maximum absolute atomic E-state index is 13.7. The molecule has 1 heterocycles. The van der Waals surface area contributed by atoms with Crippen LogP contribution in [-0.4, -0.2) is 29.0 Å². The lowest BCUT2D eigenvalue weighted by molar-refractivity contribution is 0.0696. The molecule has 0 fully saturated rings. The second-order valence-electron chi connectivity index (χ2n) is 5.19. The van der Waals surface area contributed by atoms with Crippen molar-refractivity contribution in [3.05, 3.63) is 47.7 Å². The highest BCUT2D eigenvalue weighted by Crippen LogP contribution is 2.14. The quantitative estimate of drug-likeness (QED) is 0.834. The number of aromatic carboxylic acids is 1. The topological polar surface area (TPSA) is 101 Å². The Morgan fingerprint density at radius 2 is 2.13 bits per heavy atom. The average molecular weight is 341 g/mol. The van der Waals surface area contributed by atoms with Crippen LogP contribution in [0.1, 0.15) is 35.8 Å². The highest BCUT2D eigenvalue weighted by molar-refractivity contribution is 7.89. The molecule has 23 heavy (non-hydrogen) atoms. The number of aromatic nitrogens is 2. The minimum atomic E-state index is -3.92. The van der Waals surface area contributed by atoms with Crippen molar-refractivity contribution in [1.29, 1.82) is 0 Å². The summed E-state index contributed by atoms with van der Waals surface area (Å²) in [6.07, 6.45) is 2.77. The van der Waals surface area contributed by atoms with Gasteiger partial charge in [-0.1, -0.05) is 0 Å². The molecule has 0 aliphatic rings. The minimum Gasteiger partial charge on any atom is -0.478 e. The SMILES string of the molecule is CC(C)n1cnc(S(=O)(=O)NCc2cc(C(=O)O)ccc2F)c1. The molecular formula is C14H16FN3O4S. The third-order valence-corrected chi connectivity index (χ3v) is 4.48. The fourth-order valence-corrected chi connectivity index (χ4v) is 2.77. The predicted octanol–water partition coefficient (Wildman–Crippen LogP) is 1.78. The molecule has 0 atom stereocenters. The second-order valence-corrected chi connectivity index (χ2v) is 6.90. The first-order valence-electron chi connectivity index (χ1n) is 6.75. The van der Waals surface area contributed by atoms with Crippen LogP contribution in [0, 0.1) is 5.82 Å². The molecular weight excluding hydrogens is 325 g/mol. The molecule has 0 saturated carbocycles. The Labute approximate surface area is 132 Å². The van der Waals surface area contributed by atoms with Gasteiger partial charge < -0.3 is 9.67 Å². The number of nitrogens with zero attached hydrogens (tertiary/aromatic N) is 2. The Morgan fingerprint density at radius 3 is 2.70 bits per heavy atom. The predicted molar refractivity (Wildman–Crippen MR) is 80.0 cm³/mol. The van der Waals surface area contributed by atoms with E-state index in [1.54, 1.807) is 4.57 Å². The van der Waals surface area contributed by atoms with Gasteiger partial charge in [0.25, 0.3) is 10.0 Å². The summed E-state index contributed by atoms with van der Waals surface area (Å²) in [5, 5.41) is 8.71. The summed E-state index contributed by atoms with van der Waals surface area (Å²) < 4.78 is 41.8. The molecule has 1 aromatic heterocycles. The van der Waals surface area contributed by atoms with Gasteiger partial charge in [0.05, 0.1) is 11.9 Å². The normalized spacial score (nSPS) is 11.8. The van der Waals surface area contributed by atoms with Crippen molar-refractivity contribution in [3.8, 4) is 0 Å². The van der Waals surface area contributed by atoms with E-state index in [9.17, 15) is 17.6 Å². The van der Waals surface area contributed by atoms with Gasteiger partial charge in [-0.15, -0.1) is 0 Å². The number of hydrogen-bond donors (Lipinski definition) is 2. The maximum Gasteiger partial charge on any atom is 0.335 e. The molecule has 0 radical (unpaired) electrons. The lowest BCUT2D eigenvalue weighted by Crippen LogP contribution is -2.24. The van der Waals surface area contributed by atoms with E-state index in [1.807, 2.05) is 13.8 Å². The number of nitrogens with one attached hydrogen (secondary N) is 1. The zero-order chi connectivity index (χ0) is 17.2. The monoisotopic (exact) mass is 341 g/mol. The largest absolute Gasteiger partial charge is 0.478 e. The highest BCUT2D eigenvalue weighted by Gasteiger charge is 2.19. The molecule has 0 saturated heterocycles. The second kappa shape index (κ2) is 6.47. The Balaban J connectivity index is 2.18. The smallest absolute Gasteiger partial charge is 0.335 e. The molecule has 7 nitrogen and oxygen atoms in total. The molecule has 9 heteroatoms. The van der Waals surface area contributed by atoms with Gasteiger partial charge in [-0.25, -0.2) is 27.3 Å². The van der Waals surface area contributed by atoms with Crippen LogP contribution in [0.3, 0.4) is 0 Å². The third-order valence-electron chi connectivity index (χ3n) is 3.19. The number of rotatable bonds is 6. The van der Waals surface area contributed by atoms with Crippen molar-refractivity contribution < 1.29 is 22.7 Å². The van der Waals surface area contributed by atoms with Crippen LogP contribution in [-0.2, 0) is 16.6 Å². The molecule has 0 spiro atoms. The molecule has 2 aromatic rings. The number of halogens is 1. The van der Waals surface area contributed by atoms with E-state index in [-0.39, 0.29) is 28.7 Å². The average Bonchev–Trinajstić information content (AvgIpc) is 2.97. The molecule has 124 valence electrons. The summed E-state index contributed by atoms with van der Waals surface area (Å²) in [4.78, 5) is 14.7. The fourth-order valence-electron chi connectivity index (χ4n) is 1.83. The van der Waals surface area contributed by atoms with Gasteiger partial charge in [0.15, 0.2) is 5.03 Å². The van der Waals surface area contributed by atoms with Crippen molar-refractivity contribution in [2.45, 2.75) is 31.5 Å². The van der Waals surface area contributed by atoms with E-state index in [2.05, 4.69) is 9.71 Å². The number of hydrogen-bond acceptors (Lipinski definition) is 4. The van der Waals surface area contributed by atoms with Crippen molar-refractivity contribution in [2.24, 2.45) is 0 Å². The van der Waals surface area contributed by atoms with Gasteiger partial charge in [-0.2, -0.15) is 0 Å². The van der Waals surface area contributed by atoms with Gasteiger partial charge in [-0.3, -0.25) is 0 Å². The number of carboxylic acids is 1. The first kappa shape index (κ1) is 17.1. The van der Waals surface area contributed by atoms with Crippen LogP contribution in [0.5, 0.6) is 0 Å². The molecule has 2 N–H and O–H groups in total. The highest BCUT2D eigenvalue weighted by atomic mass is 32.2. The van der Waals surface area contributed by atoms with Crippen LogP contribution in [0.2, 0.25) is 0 Å². The van der Waals surface area contributed by atoms with E-state index in [0.29, 0.717) is 0 Å². The summed E-state index contributed by atoms with van der Waals surface area (Å²) >= 11 is 0. The number of imidazole rings is 1. The molecule has 2 rings (SSSR count). The minimum absolute atomic E-state index is 0.0520. The zero-order valence-electron chi connectivity index (χ0n) is 12.5. The summed E-state index contributed by atoms with van der Waals surface area (Å²) in [5.74, 6) is -1.91. The first-order chi connectivity index (χ1) is 10.7. The standard InChI is InChI=1S/C14H16FN3O4S/c1-9(2)18-7-13(16-8-18)23(21,22)17-6-11-5-10(14(19)20)3-4-12(11)15/h3-5,7-9,17H,6H2,1-2H3,(H,19,20). The van der Waals surface area contributed by atoms with Crippen LogP contribution in [0.4, 0.5) is 4.39 Å². The van der Waals surface area contributed by atoms with Crippen LogP contribution < -0.4 is 4.72 Å². The summed E-state index contributed by atoms with van der Waals surface area (Å²) in [6.45, 7) is 3.38. The maximum atomic E-state index is 13.7. The van der Waals surface area contributed by atoms with Crippen molar-refractivity contribution >= 4 is 16.0 Å². The van der Waals surface area contributed by atoms with Gasteiger partial charge in [-0.05, 0) is 32.0 Å². The van der Waals surface area contributed by atoms with Gasteiger partial charge in [0, 0.05) is 24.3 Å². The molecule has 0 unspecified atom stereocenters. The third kappa shape index (κ3) is 3.93. The van der Waals surface area contributed by atoms with E-state index in [4.69, 9.17) is 5.11 Å². The van der Waals surface area contributed by atoms with Crippen molar-refractivity contribution in [2.75, 3.05) is 0 Å². The fraction of sp³-hybridized carbons (Fsp3) is 0.286. The zero-order valence-corrected chi connectivity index (χ0v) is 13.3. The van der Waals surface area contributed by atoms with E-state index >= 15 is 0 Å². The lowest BCUT2D eigenvalue weighted by Gasteiger charge is -2.07. The van der Waals surface area contributed by atoms with Gasteiger partial charge in [0.2, 0.25) is 0 Å². The molecule has 0 aliphatic heterocycles. The first-order valence-corrected chi connectivity index (χ1v) is 8.24. The Bertz CT molecular complexity index is 830. The molecule has 1 aromatic carbocycles. The van der Waals surface area contributed by atoms with Gasteiger partial charge in [0.1, 0.15) is 5.82 Å². The van der Waals surface area contributed by atoms with Crippen LogP contribution in [0.25, 0.3) is 0 Å². The van der Waals surface area contributed by atoms with Crippen molar-refractivity contribution in [1.82, 2.24) is 14.3 Å². The number of benzene rings is 1. The number of sulfonamides is 1. The summed E-state index contributed by atoms with van der Waals surface area (Å²) in [6, 6.07) is 3.24. The van der Waals surface area contributed by atoms with Crippen LogP contribution in [0.15, 0.2) is 35.7 Å². The Morgan fingerprint density at radius 1 is 1.43 bits per heavy atom. The van der Waals surface area contributed by atoms with Crippen molar-refractivity contribution in [3.63, 3.8) is 0 Å². The number of carbonyl (C=O) groups is 1. The summed E-state index contributed by atoms with van der Waals surface area (Å²) in [5.41, 5.74) is -0.179. The molecule has 0 bridgehead atoms.